The van der Waals surface area contributed by atoms with Gasteiger partial charge in [0, 0.05) is 19.6 Å². The number of ether oxygens (including phenoxy) is 1. The van der Waals surface area contributed by atoms with Crippen LogP contribution in [0.2, 0.25) is 0 Å². The van der Waals surface area contributed by atoms with Crippen molar-refractivity contribution in [1.29, 1.82) is 0 Å². The van der Waals surface area contributed by atoms with E-state index in [1.54, 1.807) is 12.1 Å². The number of unbranched alkanes of at least 4 members (excludes halogenated alkanes) is 1. The summed E-state index contributed by atoms with van der Waals surface area (Å²) in [5.41, 5.74) is 2.49. The lowest BCUT2D eigenvalue weighted by molar-refractivity contribution is 0.396. The molecule has 0 saturated carbocycles. The van der Waals surface area contributed by atoms with E-state index in [2.05, 4.69) is 12.2 Å². The molecule has 186 valence electrons. The maximum Gasteiger partial charge on any atom is 0.247 e. The molecular weight excluding hydrogens is 468 g/mol. The molecule has 36 heavy (non-hydrogen) atoms. The fourth-order valence-electron chi connectivity index (χ4n) is 3.91. The summed E-state index contributed by atoms with van der Waals surface area (Å²) < 4.78 is 36.3. The second kappa shape index (κ2) is 12.4. The quantitative estimate of drug-likeness (QED) is 0.211. The van der Waals surface area contributed by atoms with Crippen molar-refractivity contribution >= 4 is 15.7 Å². The van der Waals surface area contributed by atoms with Crippen molar-refractivity contribution in [1.82, 2.24) is 4.31 Å². The van der Waals surface area contributed by atoms with Gasteiger partial charge in [0.1, 0.15) is 10.6 Å². The average Bonchev–Trinajstić information content (AvgIpc) is 2.91. The van der Waals surface area contributed by atoms with E-state index in [4.69, 9.17) is 4.74 Å². The largest absolute Gasteiger partial charge is 0.454 e. The van der Waals surface area contributed by atoms with Crippen LogP contribution in [0.15, 0.2) is 114 Å². The van der Waals surface area contributed by atoms with Gasteiger partial charge in [-0.3, -0.25) is 0 Å². The summed E-state index contributed by atoms with van der Waals surface area (Å²) in [4.78, 5) is 0.139. The summed E-state index contributed by atoms with van der Waals surface area (Å²) in [6.07, 6.45) is 2.00. The third kappa shape index (κ3) is 6.53. The molecule has 0 saturated heterocycles. The lowest BCUT2D eigenvalue weighted by Gasteiger charge is -2.25. The molecule has 0 amide bonds. The predicted octanol–water partition coefficient (Wildman–Crippen LogP) is 7.08. The fourth-order valence-corrected chi connectivity index (χ4v) is 5.46. The minimum atomic E-state index is -3.93. The van der Waals surface area contributed by atoms with Crippen LogP contribution < -0.4 is 10.1 Å². The second-order valence-electron chi connectivity index (χ2n) is 8.57. The van der Waals surface area contributed by atoms with E-state index < -0.39 is 10.0 Å². The number of anilines is 1. The smallest absolute Gasteiger partial charge is 0.247 e. The van der Waals surface area contributed by atoms with Crippen LogP contribution >= 0.6 is 0 Å². The number of sulfonamides is 1. The molecule has 0 atom stereocenters. The van der Waals surface area contributed by atoms with Gasteiger partial charge >= 0.3 is 0 Å². The van der Waals surface area contributed by atoms with Gasteiger partial charge in [-0.05, 0) is 41.8 Å². The molecule has 0 aliphatic rings. The van der Waals surface area contributed by atoms with Gasteiger partial charge in [0.2, 0.25) is 10.0 Å². The normalized spacial score (nSPS) is 11.4. The van der Waals surface area contributed by atoms with Crippen LogP contribution in [-0.2, 0) is 23.1 Å². The second-order valence-corrected chi connectivity index (χ2v) is 10.5. The highest BCUT2D eigenvalue weighted by atomic mass is 32.2. The maximum atomic E-state index is 14.3. The van der Waals surface area contributed by atoms with E-state index in [9.17, 15) is 8.42 Å². The first-order valence-corrected chi connectivity index (χ1v) is 13.7. The predicted molar refractivity (Wildman–Crippen MR) is 146 cm³/mol. The molecule has 4 rings (SSSR count). The number of benzene rings is 4. The Morgan fingerprint density at radius 3 is 1.83 bits per heavy atom. The molecule has 6 heteroatoms. The zero-order valence-corrected chi connectivity index (χ0v) is 21.3. The first-order chi connectivity index (χ1) is 17.6. The van der Waals surface area contributed by atoms with Crippen LogP contribution in [0.4, 0.5) is 5.69 Å². The van der Waals surface area contributed by atoms with E-state index in [-0.39, 0.29) is 18.0 Å². The monoisotopic (exact) mass is 500 g/mol. The highest BCUT2D eigenvalue weighted by Crippen LogP contribution is 2.38. The lowest BCUT2D eigenvalue weighted by atomic mass is 10.2. The zero-order valence-electron chi connectivity index (χ0n) is 20.5. The molecule has 0 radical (unpaired) electrons. The minimum Gasteiger partial charge on any atom is -0.454 e. The van der Waals surface area contributed by atoms with Crippen LogP contribution in [0.3, 0.4) is 0 Å². The summed E-state index contributed by atoms with van der Waals surface area (Å²) in [5.74, 6) is 0.891. The fraction of sp³-hybridized carbons (Fsp3) is 0.200. The lowest BCUT2D eigenvalue weighted by Crippen LogP contribution is -2.30. The highest BCUT2D eigenvalue weighted by Gasteiger charge is 2.30. The van der Waals surface area contributed by atoms with Crippen LogP contribution in [0.1, 0.15) is 30.9 Å². The molecule has 0 bridgehead atoms. The molecule has 4 aromatic rings. The third-order valence-corrected chi connectivity index (χ3v) is 7.62. The topological polar surface area (TPSA) is 58.6 Å². The summed E-state index contributed by atoms with van der Waals surface area (Å²) in [7, 11) is -3.93. The number of nitrogens with zero attached hydrogens (tertiary/aromatic N) is 1. The van der Waals surface area contributed by atoms with Crippen LogP contribution in [-0.4, -0.2) is 19.3 Å². The number of para-hydroxylation sites is 2. The van der Waals surface area contributed by atoms with Crippen LogP contribution in [0.5, 0.6) is 11.5 Å². The van der Waals surface area contributed by atoms with E-state index in [1.807, 2.05) is 97.1 Å². The van der Waals surface area contributed by atoms with Crippen molar-refractivity contribution in [2.45, 2.75) is 37.8 Å². The Labute approximate surface area is 214 Å². The number of hydrogen-bond donors (Lipinski definition) is 1. The van der Waals surface area contributed by atoms with Gasteiger partial charge in [-0.25, -0.2) is 8.42 Å². The number of hydrogen-bond acceptors (Lipinski definition) is 4. The summed E-state index contributed by atoms with van der Waals surface area (Å²) in [6, 6.07) is 33.9. The van der Waals surface area contributed by atoms with Gasteiger partial charge in [0.05, 0.1) is 5.69 Å². The number of nitrogens with one attached hydrogen (secondary N) is 1. The molecule has 4 aromatic carbocycles. The van der Waals surface area contributed by atoms with E-state index in [0.717, 1.165) is 30.5 Å². The SMILES string of the molecule is CCCCNc1cccc(S(=O)(=O)N(Cc2ccccc2)Cc2ccccc2)c1Oc1ccccc1. The van der Waals surface area contributed by atoms with Crippen molar-refractivity contribution in [2.24, 2.45) is 0 Å². The Morgan fingerprint density at radius 1 is 0.722 bits per heavy atom. The molecule has 0 spiro atoms. The Kier molecular flexibility index (Phi) is 8.76. The summed E-state index contributed by atoms with van der Waals surface area (Å²) >= 11 is 0. The van der Waals surface area contributed by atoms with E-state index >= 15 is 0 Å². The third-order valence-electron chi connectivity index (χ3n) is 5.81. The van der Waals surface area contributed by atoms with Gasteiger partial charge < -0.3 is 10.1 Å². The molecule has 0 aromatic heterocycles. The average molecular weight is 501 g/mol. The van der Waals surface area contributed by atoms with Crippen molar-refractivity contribution in [3.8, 4) is 11.5 Å². The molecule has 1 N–H and O–H groups in total. The molecule has 0 aliphatic heterocycles. The van der Waals surface area contributed by atoms with Crippen molar-refractivity contribution in [3.05, 3.63) is 120 Å². The summed E-state index contributed by atoms with van der Waals surface area (Å²) in [5, 5.41) is 3.38. The zero-order chi connectivity index (χ0) is 25.2. The van der Waals surface area contributed by atoms with Gasteiger partial charge in [-0.2, -0.15) is 4.31 Å². The molecule has 0 aliphatic carbocycles. The van der Waals surface area contributed by atoms with Gasteiger partial charge in [-0.15, -0.1) is 0 Å². The molecular formula is C30H32N2O3S. The molecule has 0 fully saturated rings. The summed E-state index contributed by atoms with van der Waals surface area (Å²) in [6.45, 7) is 3.34. The van der Waals surface area contributed by atoms with E-state index in [0.29, 0.717) is 17.2 Å². The highest BCUT2D eigenvalue weighted by molar-refractivity contribution is 7.89. The maximum absolute atomic E-state index is 14.3. The Morgan fingerprint density at radius 2 is 1.28 bits per heavy atom. The minimum absolute atomic E-state index is 0.139. The van der Waals surface area contributed by atoms with Crippen LogP contribution in [0.25, 0.3) is 0 Å². The van der Waals surface area contributed by atoms with Gasteiger partial charge in [0.25, 0.3) is 0 Å². The van der Waals surface area contributed by atoms with Crippen molar-refractivity contribution in [3.63, 3.8) is 0 Å². The van der Waals surface area contributed by atoms with Crippen LogP contribution in [0, 0.1) is 0 Å². The molecule has 0 unspecified atom stereocenters. The van der Waals surface area contributed by atoms with Gasteiger partial charge in [-0.1, -0.05) is 98.3 Å². The first kappa shape index (κ1) is 25.5. The molecule has 0 heterocycles. The van der Waals surface area contributed by atoms with Crippen molar-refractivity contribution in [2.75, 3.05) is 11.9 Å². The van der Waals surface area contributed by atoms with Gasteiger partial charge in [0.15, 0.2) is 5.75 Å². The number of rotatable bonds is 12. The Hall–Kier alpha value is -3.61. The molecule has 5 nitrogen and oxygen atoms in total. The Bertz CT molecular complexity index is 1290. The Balaban J connectivity index is 1.77. The standard InChI is InChI=1S/C30H32N2O3S/c1-2-3-22-31-28-20-13-21-29(30(28)35-27-18-11-6-12-19-27)36(33,34)32(23-25-14-7-4-8-15-25)24-26-16-9-5-10-17-26/h4-21,31H,2-3,22-24H2,1H3. The van der Waals surface area contributed by atoms with E-state index in [1.165, 1.54) is 4.31 Å². The van der Waals surface area contributed by atoms with Crippen molar-refractivity contribution < 1.29 is 13.2 Å². The first-order valence-electron chi connectivity index (χ1n) is 12.3.